The topological polar surface area (TPSA) is 118 Å². The third-order valence-electron chi connectivity index (χ3n) is 5.56. The highest BCUT2D eigenvalue weighted by Crippen LogP contribution is 2.38. The second-order valence-electron chi connectivity index (χ2n) is 7.91. The molecule has 0 unspecified atom stereocenters. The van der Waals surface area contributed by atoms with Gasteiger partial charge in [-0.1, -0.05) is 6.07 Å². The molecule has 1 aromatic heterocycles. The van der Waals surface area contributed by atoms with Crippen LogP contribution >= 0.6 is 11.3 Å². The molecule has 1 heterocycles. The van der Waals surface area contributed by atoms with E-state index in [2.05, 4.69) is 10.6 Å². The van der Waals surface area contributed by atoms with Gasteiger partial charge in [0.05, 0.1) is 24.3 Å². The molecule has 2 N–H and O–H groups in total. The molecule has 178 valence electrons. The first-order chi connectivity index (χ1) is 17.0. The third-order valence-corrected chi connectivity index (χ3v) is 6.77. The molecule has 8 nitrogen and oxygen atoms in total. The number of rotatable bonds is 7. The van der Waals surface area contributed by atoms with Crippen LogP contribution < -0.4 is 15.4 Å². The number of fused-ring (bicyclic) bond motifs is 1. The van der Waals surface area contributed by atoms with Crippen molar-refractivity contribution in [2.24, 2.45) is 0 Å². The van der Waals surface area contributed by atoms with Crippen LogP contribution in [0.1, 0.15) is 49.6 Å². The average Bonchev–Trinajstić information content (AvgIpc) is 3.25. The molecule has 2 aromatic carbocycles. The standard InChI is InChI=1S/C26H23N3O5S/c1-33-19-11-9-17(10-12-19)24(31)29-25-23(20-7-2-3-8-21(20)35-25)26(32)34-15-22(30)28-18-6-4-5-16(13-18)14-27/h4-6,9-13H,2-3,7-8,15H2,1H3,(H,28,30)(H,29,31). The van der Waals surface area contributed by atoms with Crippen LogP contribution in [0.4, 0.5) is 10.7 Å². The monoisotopic (exact) mass is 489 g/mol. The second kappa shape index (κ2) is 10.8. The highest BCUT2D eigenvalue weighted by atomic mass is 32.1. The zero-order valence-electron chi connectivity index (χ0n) is 19.1. The lowest BCUT2D eigenvalue weighted by atomic mass is 9.95. The van der Waals surface area contributed by atoms with Crippen LogP contribution in [0.25, 0.3) is 0 Å². The molecule has 9 heteroatoms. The highest BCUT2D eigenvalue weighted by molar-refractivity contribution is 7.17. The predicted octanol–water partition coefficient (Wildman–Crippen LogP) is 4.55. The normalized spacial score (nSPS) is 12.1. The van der Waals surface area contributed by atoms with Gasteiger partial charge in [0, 0.05) is 16.1 Å². The number of nitrogens with zero attached hydrogens (tertiary/aromatic N) is 1. The minimum atomic E-state index is -0.657. The number of thiophene rings is 1. The van der Waals surface area contributed by atoms with Crippen molar-refractivity contribution in [2.45, 2.75) is 25.7 Å². The maximum atomic E-state index is 13.1. The molecule has 0 radical (unpaired) electrons. The summed E-state index contributed by atoms with van der Waals surface area (Å²) >= 11 is 1.37. The summed E-state index contributed by atoms with van der Waals surface area (Å²) in [6, 6.07) is 15.1. The second-order valence-corrected chi connectivity index (χ2v) is 9.02. The summed E-state index contributed by atoms with van der Waals surface area (Å²) in [5, 5.41) is 14.9. The van der Waals surface area contributed by atoms with Crippen molar-refractivity contribution < 1.29 is 23.9 Å². The number of esters is 1. The SMILES string of the molecule is COc1ccc(C(=O)Nc2sc3c(c2C(=O)OCC(=O)Nc2cccc(C#N)c2)CCCC3)cc1. The molecule has 4 rings (SSSR count). The summed E-state index contributed by atoms with van der Waals surface area (Å²) in [5.74, 6) is -0.901. The molecule has 0 spiro atoms. The van der Waals surface area contributed by atoms with Gasteiger partial charge >= 0.3 is 5.97 Å². The van der Waals surface area contributed by atoms with Crippen molar-refractivity contribution in [2.75, 3.05) is 24.4 Å². The Kier molecular flexibility index (Phi) is 7.43. The molecule has 0 atom stereocenters. The minimum Gasteiger partial charge on any atom is -0.497 e. The molecule has 0 aliphatic heterocycles. The van der Waals surface area contributed by atoms with Crippen molar-refractivity contribution in [1.82, 2.24) is 0 Å². The molecule has 1 aliphatic carbocycles. The number of anilines is 2. The van der Waals surface area contributed by atoms with E-state index < -0.39 is 18.5 Å². The number of ether oxygens (including phenoxy) is 2. The molecule has 0 saturated heterocycles. The van der Waals surface area contributed by atoms with Crippen molar-refractivity contribution >= 4 is 39.8 Å². The quantitative estimate of drug-likeness (QED) is 0.470. The Balaban J connectivity index is 1.48. The molecule has 0 fully saturated rings. The van der Waals surface area contributed by atoms with Gasteiger partial charge in [-0.05, 0) is 73.7 Å². The number of amides is 2. The molecule has 2 amide bonds. The van der Waals surface area contributed by atoms with Gasteiger partial charge in [0.1, 0.15) is 10.8 Å². The van der Waals surface area contributed by atoms with Crippen molar-refractivity contribution in [1.29, 1.82) is 5.26 Å². The smallest absolute Gasteiger partial charge is 0.341 e. The Morgan fingerprint density at radius 3 is 2.57 bits per heavy atom. The van der Waals surface area contributed by atoms with Crippen molar-refractivity contribution in [3.8, 4) is 11.8 Å². The van der Waals surface area contributed by atoms with Crippen LogP contribution in [0.15, 0.2) is 48.5 Å². The number of methoxy groups -OCH3 is 1. The lowest BCUT2D eigenvalue weighted by molar-refractivity contribution is -0.119. The van der Waals surface area contributed by atoms with Crippen LogP contribution in [0.2, 0.25) is 0 Å². The van der Waals surface area contributed by atoms with Crippen LogP contribution in [0.3, 0.4) is 0 Å². The van der Waals surface area contributed by atoms with Gasteiger partial charge in [-0.25, -0.2) is 4.79 Å². The summed E-state index contributed by atoms with van der Waals surface area (Å²) < 4.78 is 10.5. The predicted molar refractivity (Wildman–Crippen MR) is 132 cm³/mol. The summed E-state index contributed by atoms with van der Waals surface area (Å²) in [6.07, 6.45) is 3.49. The lowest BCUT2D eigenvalue weighted by Crippen LogP contribution is -2.22. The number of carbonyl (C=O) groups excluding carboxylic acids is 3. The zero-order chi connectivity index (χ0) is 24.8. The van der Waals surface area contributed by atoms with E-state index in [4.69, 9.17) is 14.7 Å². The number of aryl methyl sites for hydroxylation is 1. The molecular formula is C26H23N3O5S. The first-order valence-electron chi connectivity index (χ1n) is 11.1. The fraction of sp³-hybridized carbons (Fsp3) is 0.231. The lowest BCUT2D eigenvalue weighted by Gasteiger charge is -2.13. The molecule has 0 saturated carbocycles. The maximum Gasteiger partial charge on any atom is 0.341 e. The molecule has 0 bridgehead atoms. The Morgan fingerprint density at radius 2 is 1.83 bits per heavy atom. The number of carbonyl (C=O) groups is 3. The van der Waals surface area contributed by atoms with Crippen LogP contribution in [-0.2, 0) is 22.4 Å². The fourth-order valence-corrected chi connectivity index (χ4v) is 5.13. The van der Waals surface area contributed by atoms with Crippen LogP contribution in [-0.4, -0.2) is 31.5 Å². The highest BCUT2D eigenvalue weighted by Gasteiger charge is 2.28. The zero-order valence-corrected chi connectivity index (χ0v) is 19.9. The summed E-state index contributed by atoms with van der Waals surface area (Å²) in [7, 11) is 1.55. The Bertz CT molecular complexity index is 1310. The van der Waals surface area contributed by atoms with Gasteiger partial charge in [-0.3, -0.25) is 9.59 Å². The first-order valence-corrected chi connectivity index (χ1v) is 11.9. The molecule has 1 aliphatic rings. The third kappa shape index (κ3) is 5.67. The number of nitriles is 1. The van der Waals surface area contributed by atoms with Gasteiger partial charge in [-0.2, -0.15) is 5.26 Å². The fourth-order valence-electron chi connectivity index (χ4n) is 3.85. The Hall–Kier alpha value is -4.16. The van der Waals surface area contributed by atoms with Crippen molar-refractivity contribution in [3.05, 3.63) is 75.7 Å². The van der Waals surface area contributed by atoms with E-state index in [1.54, 1.807) is 49.6 Å². The van der Waals surface area contributed by atoms with E-state index >= 15 is 0 Å². The van der Waals surface area contributed by atoms with E-state index in [-0.39, 0.29) is 5.91 Å². The van der Waals surface area contributed by atoms with Gasteiger partial charge in [0.25, 0.3) is 11.8 Å². The largest absolute Gasteiger partial charge is 0.497 e. The number of nitrogens with one attached hydrogen (secondary N) is 2. The minimum absolute atomic E-state index is 0.311. The van der Waals surface area contributed by atoms with Crippen LogP contribution in [0.5, 0.6) is 5.75 Å². The molecular weight excluding hydrogens is 466 g/mol. The molecule has 35 heavy (non-hydrogen) atoms. The Morgan fingerprint density at radius 1 is 1.06 bits per heavy atom. The van der Waals surface area contributed by atoms with E-state index in [9.17, 15) is 14.4 Å². The van der Waals surface area contributed by atoms with Gasteiger partial charge in [0.15, 0.2) is 6.61 Å². The van der Waals surface area contributed by atoms with Crippen molar-refractivity contribution in [3.63, 3.8) is 0 Å². The molecule has 3 aromatic rings. The van der Waals surface area contributed by atoms with Gasteiger partial charge in [-0.15, -0.1) is 11.3 Å². The first kappa shape index (κ1) is 24.0. The number of hydrogen-bond acceptors (Lipinski definition) is 7. The number of hydrogen-bond donors (Lipinski definition) is 2. The average molecular weight is 490 g/mol. The van der Waals surface area contributed by atoms with E-state index in [0.29, 0.717) is 39.5 Å². The van der Waals surface area contributed by atoms with Gasteiger partial charge in [0.2, 0.25) is 0 Å². The van der Waals surface area contributed by atoms with E-state index in [0.717, 1.165) is 29.7 Å². The summed E-state index contributed by atoms with van der Waals surface area (Å²) in [5.41, 5.74) is 2.45. The Labute approximate surface area is 206 Å². The summed E-state index contributed by atoms with van der Waals surface area (Å²) in [6.45, 7) is -0.494. The van der Waals surface area contributed by atoms with Gasteiger partial charge < -0.3 is 20.1 Å². The summed E-state index contributed by atoms with van der Waals surface area (Å²) in [4.78, 5) is 39.3. The van der Waals surface area contributed by atoms with E-state index in [1.165, 1.54) is 17.4 Å². The maximum absolute atomic E-state index is 13.1. The van der Waals surface area contributed by atoms with Crippen LogP contribution in [0, 0.1) is 11.3 Å². The van der Waals surface area contributed by atoms with E-state index in [1.807, 2.05) is 6.07 Å². The number of benzene rings is 2.